The lowest BCUT2D eigenvalue weighted by Crippen LogP contribution is -2.52. The molecular weight excluding hydrogens is 914 g/mol. The molecule has 0 spiro atoms. The van der Waals surface area contributed by atoms with Crippen molar-refractivity contribution in [3.8, 4) is 28.7 Å². The Kier molecular flexibility index (Phi) is 17.4. The van der Waals surface area contributed by atoms with Crippen molar-refractivity contribution in [2.24, 2.45) is 5.92 Å². The fraction of sp³-hybridized carbons (Fsp3) is 0.267. The van der Waals surface area contributed by atoms with Crippen LogP contribution in [0.2, 0.25) is 0 Å². The molecule has 4 amide bonds. The predicted molar refractivity (Wildman–Crippen MR) is 237 cm³/mol. The molecule has 3 aromatic carbocycles. The minimum absolute atomic E-state index is 0.0132. The quantitative estimate of drug-likeness (QED) is 0.0547. The van der Waals surface area contributed by atoms with Gasteiger partial charge in [-0.3, -0.25) is 43.2 Å². The van der Waals surface area contributed by atoms with E-state index in [4.69, 9.17) is 23.7 Å². The zero-order valence-corrected chi connectivity index (χ0v) is 38.0. The molecule has 0 aliphatic heterocycles. The molecule has 2 atom stereocenters. The highest BCUT2D eigenvalue weighted by Crippen LogP contribution is 2.40. The number of hydrogen-bond donors (Lipinski definition) is 5. The van der Waals surface area contributed by atoms with Crippen LogP contribution in [0.3, 0.4) is 0 Å². The number of amides is 4. The zero-order valence-electron chi connectivity index (χ0n) is 36.5. The van der Waals surface area contributed by atoms with E-state index < -0.39 is 94.4 Å². The molecule has 0 saturated carbocycles. The smallest absolute Gasteiger partial charge is 0.308 e. The van der Waals surface area contributed by atoms with Crippen molar-refractivity contribution in [1.29, 1.82) is 0 Å². The first kappa shape index (κ1) is 50.0. The van der Waals surface area contributed by atoms with Crippen molar-refractivity contribution in [3.63, 3.8) is 0 Å². The van der Waals surface area contributed by atoms with E-state index in [-0.39, 0.29) is 23.5 Å². The van der Waals surface area contributed by atoms with Crippen LogP contribution in [0.15, 0.2) is 71.1 Å². The van der Waals surface area contributed by atoms with Gasteiger partial charge in [0.2, 0.25) is 23.5 Å². The standard InChI is InChI=1S/C45H46BrN5O14/c1-22(2)41(49-23(3)52)45(60)51-35(15-30-17-39(63-26(6)55)42(65-28(8)57)40(18-30)64-27(7)56)44(59)50-36(19-31-21-48-34-20-32(46)10-11-33(31)34)43(58)47-14-13-29-9-12-37(61-24(4)53)38(16-29)62-25(5)54/h9-18,20-22,36,41,48H,19H2,1-8H3,(H,47,58)(H,49,52)(H,50,59)(H,51,60)/b14-13+,35-15?. The monoisotopic (exact) mass is 959 g/mol. The Morgan fingerprint density at radius 3 is 1.80 bits per heavy atom. The number of ether oxygens (including phenoxy) is 5. The van der Waals surface area contributed by atoms with Crippen molar-refractivity contribution < 1.29 is 66.8 Å². The van der Waals surface area contributed by atoms with Gasteiger partial charge in [-0.15, -0.1) is 0 Å². The topological polar surface area (TPSA) is 264 Å². The van der Waals surface area contributed by atoms with E-state index in [1.807, 2.05) is 12.1 Å². The minimum Gasteiger partial charge on any atom is -0.423 e. The molecule has 65 heavy (non-hydrogen) atoms. The molecule has 19 nitrogen and oxygen atoms in total. The molecule has 1 heterocycles. The second-order valence-electron chi connectivity index (χ2n) is 14.6. The average molecular weight is 961 g/mol. The normalized spacial score (nSPS) is 12.1. The number of esters is 5. The number of H-pyrrole nitrogens is 1. The Morgan fingerprint density at radius 1 is 0.662 bits per heavy atom. The summed E-state index contributed by atoms with van der Waals surface area (Å²) in [6.45, 7) is 10.1. The maximum Gasteiger partial charge on any atom is 0.308 e. The highest BCUT2D eigenvalue weighted by Gasteiger charge is 2.29. The second kappa shape index (κ2) is 22.7. The van der Waals surface area contributed by atoms with Crippen LogP contribution in [0, 0.1) is 5.92 Å². The molecule has 20 heteroatoms. The van der Waals surface area contributed by atoms with Gasteiger partial charge in [0.1, 0.15) is 17.8 Å². The summed E-state index contributed by atoms with van der Waals surface area (Å²) < 4.78 is 26.9. The number of rotatable bonds is 17. The molecule has 0 radical (unpaired) electrons. The van der Waals surface area contributed by atoms with E-state index >= 15 is 0 Å². The van der Waals surface area contributed by atoms with Crippen LogP contribution in [0.25, 0.3) is 23.1 Å². The molecule has 2 unspecified atom stereocenters. The molecular formula is C45H46BrN5O14. The molecule has 342 valence electrons. The van der Waals surface area contributed by atoms with E-state index in [1.165, 1.54) is 63.4 Å². The largest absolute Gasteiger partial charge is 0.423 e. The molecule has 0 aliphatic carbocycles. The first-order valence-electron chi connectivity index (χ1n) is 19.7. The summed E-state index contributed by atoms with van der Waals surface area (Å²) in [6.07, 6.45) is 5.40. The molecule has 0 fully saturated rings. The lowest BCUT2D eigenvalue weighted by molar-refractivity contribution is -0.135. The van der Waals surface area contributed by atoms with Gasteiger partial charge in [-0.25, -0.2) is 0 Å². The van der Waals surface area contributed by atoms with Gasteiger partial charge in [-0.05, 0) is 71.2 Å². The summed E-state index contributed by atoms with van der Waals surface area (Å²) in [6, 6.07) is 9.57. The van der Waals surface area contributed by atoms with Crippen LogP contribution in [0.1, 0.15) is 72.1 Å². The van der Waals surface area contributed by atoms with Gasteiger partial charge in [0.25, 0.3) is 5.91 Å². The molecule has 0 aliphatic rings. The van der Waals surface area contributed by atoms with Crippen LogP contribution in [0.4, 0.5) is 0 Å². The molecule has 4 aromatic rings. The number of nitrogens with one attached hydrogen (secondary N) is 5. The molecule has 0 bridgehead atoms. The summed E-state index contributed by atoms with van der Waals surface area (Å²) >= 11 is 3.44. The van der Waals surface area contributed by atoms with Gasteiger partial charge < -0.3 is 49.9 Å². The highest BCUT2D eigenvalue weighted by atomic mass is 79.9. The second-order valence-corrected chi connectivity index (χ2v) is 15.5. The lowest BCUT2D eigenvalue weighted by Gasteiger charge is -2.23. The third-order valence-corrected chi connectivity index (χ3v) is 9.16. The number of aromatic nitrogens is 1. The van der Waals surface area contributed by atoms with E-state index in [0.29, 0.717) is 11.1 Å². The first-order chi connectivity index (χ1) is 30.6. The van der Waals surface area contributed by atoms with Crippen molar-refractivity contribution in [2.45, 2.75) is 73.9 Å². The Hall–Kier alpha value is -7.61. The third-order valence-electron chi connectivity index (χ3n) is 8.67. The number of carbonyl (C=O) groups excluding carboxylic acids is 9. The van der Waals surface area contributed by atoms with Crippen LogP contribution < -0.4 is 45.0 Å². The average Bonchev–Trinajstić information content (AvgIpc) is 3.58. The summed E-state index contributed by atoms with van der Waals surface area (Å²) in [5.41, 5.74) is 1.22. The maximum absolute atomic E-state index is 14.5. The van der Waals surface area contributed by atoms with Crippen LogP contribution >= 0.6 is 15.9 Å². The van der Waals surface area contributed by atoms with Gasteiger partial charge in [-0.2, -0.15) is 0 Å². The van der Waals surface area contributed by atoms with Crippen LogP contribution in [0.5, 0.6) is 28.7 Å². The van der Waals surface area contributed by atoms with Crippen LogP contribution in [-0.2, 0) is 49.6 Å². The Morgan fingerprint density at radius 2 is 1.23 bits per heavy atom. The first-order valence-corrected chi connectivity index (χ1v) is 20.5. The summed E-state index contributed by atoms with van der Waals surface area (Å²) in [5, 5.41) is 11.1. The molecule has 0 saturated heterocycles. The number of fused-ring (bicyclic) bond motifs is 1. The third kappa shape index (κ3) is 15.0. The van der Waals surface area contributed by atoms with Gasteiger partial charge >= 0.3 is 29.8 Å². The van der Waals surface area contributed by atoms with Gasteiger partial charge in [-0.1, -0.05) is 41.9 Å². The number of aromatic amines is 1. The maximum atomic E-state index is 14.5. The highest BCUT2D eigenvalue weighted by molar-refractivity contribution is 9.10. The van der Waals surface area contributed by atoms with Crippen LogP contribution in [-0.4, -0.2) is 70.5 Å². The van der Waals surface area contributed by atoms with Gasteiger partial charge in [0, 0.05) is 75.7 Å². The minimum atomic E-state index is -1.37. The Balaban J connectivity index is 1.83. The van der Waals surface area contributed by atoms with Gasteiger partial charge in [0.15, 0.2) is 23.0 Å². The fourth-order valence-electron chi connectivity index (χ4n) is 6.09. The zero-order chi connectivity index (χ0) is 48.1. The van der Waals surface area contributed by atoms with Crippen molar-refractivity contribution in [2.75, 3.05) is 0 Å². The van der Waals surface area contributed by atoms with E-state index in [0.717, 1.165) is 42.2 Å². The Bertz CT molecular complexity index is 2580. The summed E-state index contributed by atoms with van der Waals surface area (Å²) in [7, 11) is 0. The SMILES string of the molecule is CC(=O)NC(C(=O)NC(=Cc1cc(OC(C)=O)c(OC(C)=O)c(OC(C)=O)c1)C(=O)NC(Cc1c[nH]c2cc(Br)ccc12)C(=O)N/C=C/c1ccc(OC(C)=O)c(OC(C)=O)c1)C(C)C. The van der Waals surface area contributed by atoms with Crippen molar-refractivity contribution in [1.82, 2.24) is 26.3 Å². The number of hydrogen-bond acceptors (Lipinski definition) is 14. The predicted octanol–water partition coefficient (Wildman–Crippen LogP) is 4.69. The number of benzene rings is 3. The van der Waals surface area contributed by atoms with E-state index in [9.17, 15) is 43.2 Å². The molecule has 1 aromatic heterocycles. The van der Waals surface area contributed by atoms with E-state index in [1.54, 1.807) is 26.1 Å². The van der Waals surface area contributed by atoms with E-state index in [2.05, 4.69) is 42.2 Å². The van der Waals surface area contributed by atoms with Crippen molar-refractivity contribution >= 4 is 92.5 Å². The molecule has 4 rings (SSSR count). The molecule has 5 N–H and O–H groups in total. The lowest BCUT2D eigenvalue weighted by atomic mass is 10.0. The fourth-order valence-corrected chi connectivity index (χ4v) is 6.45. The Labute approximate surface area is 380 Å². The summed E-state index contributed by atoms with van der Waals surface area (Å²) in [5.74, 6) is -8.77. The number of carbonyl (C=O) groups is 9. The van der Waals surface area contributed by atoms with Gasteiger partial charge in [0.05, 0.1) is 0 Å². The van der Waals surface area contributed by atoms with Crippen molar-refractivity contribution in [3.05, 3.63) is 87.8 Å². The summed E-state index contributed by atoms with van der Waals surface area (Å²) in [4.78, 5) is 117. The number of halogens is 1.